The van der Waals surface area contributed by atoms with Crippen LogP contribution in [0.4, 0.5) is 10.5 Å². The van der Waals surface area contributed by atoms with E-state index in [2.05, 4.69) is 18.8 Å². The van der Waals surface area contributed by atoms with E-state index in [1.807, 2.05) is 51.1 Å². The van der Waals surface area contributed by atoms with Crippen molar-refractivity contribution in [3.8, 4) is 0 Å². The number of amides is 3. The lowest BCUT2D eigenvalue weighted by molar-refractivity contribution is -0.123. The second-order valence-corrected chi connectivity index (χ2v) is 10.9. The minimum atomic E-state index is -0.721. The number of anilines is 1. The highest BCUT2D eigenvalue weighted by molar-refractivity contribution is 6.08. The van der Waals surface area contributed by atoms with E-state index in [9.17, 15) is 14.4 Å². The summed E-state index contributed by atoms with van der Waals surface area (Å²) in [7, 11) is 1.73. The van der Waals surface area contributed by atoms with Crippen LogP contribution >= 0.6 is 0 Å². The molecule has 2 aromatic rings. The molecule has 8 nitrogen and oxygen atoms in total. The van der Waals surface area contributed by atoms with Crippen molar-refractivity contribution < 1.29 is 19.1 Å². The third-order valence-corrected chi connectivity index (χ3v) is 6.82. The van der Waals surface area contributed by atoms with Gasteiger partial charge in [0.15, 0.2) is 0 Å². The summed E-state index contributed by atoms with van der Waals surface area (Å²) in [6.45, 7) is 10.6. The monoisotopic (exact) mass is 492 g/mol. The fourth-order valence-corrected chi connectivity index (χ4v) is 4.87. The molecule has 1 atom stereocenters. The maximum Gasteiger partial charge on any atom is 0.410 e. The maximum atomic E-state index is 13.9. The molecule has 0 saturated carbocycles. The Bertz CT molecular complexity index is 1130. The molecule has 8 heteroatoms. The summed E-state index contributed by atoms with van der Waals surface area (Å²) in [5.41, 5.74) is 2.36. The van der Waals surface area contributed by atoms with E-state index < -0.39 is 11.6 Å². The van der Waals surface area contributed by atoms with Crippen LogP contribution in [0.5, 0.6) is 0 Å². The number of carbonyl (C=O) groups excluding carboxylic acids is 3. The molecule has 4 rings (SSSR count). The Hall–Kier alpha value is -3.42. The Kier molecular flexibility index (Phi) is 7.07. The molecule has 0 bridgehead atoms. The molecule has 2 aliphatic heterocycles. The molecular formula is C28H36N4O4. The SMILES string of the molecule is CC(C)c1ccc(N(C)C(=O)C2c3ccccc3C(=O)N2C2CCN(C(=O)OC(C)(C)C)CC2)cn1. The average molecular weight is 493 g/mol. The maximum absolute atomic E-state index is 13.9. The second kappa shape index (κ2) is 9.91. The molecule has 0 N–H and O–H groups in total. The van der Waals surface area contributed by atoms with Gasteiger partial charge in [-0.1, -0.05) is 32.0 Å². The highest BCUT2D eigenvalue weighted by atomic mass is 16.6. The number of benzene rings is 1. The Morgan fingerprint density at radius 1 is 1.08 bits per heavy atom. The van der Waals surface area contributed by atoms with Gasteiger partial charge < -0.3 is 19.4 Å². The van der Waals surface area contributed by atoms with E-state index in [-0.39, 0.29) is 23.9 Å². The van der Waals surface area contributed by atoms with Gasteiger partial charge in [0.2, 0.25) is 0 Å². The van der Waals surface area contributed by atoms with Crippen LogP contribution in [0.3, 0.4) is 0 Å². The number of carbonyl (C=O) groups is 3. The Labute approximate surface area is 213 Å². The molecule has 192 valence electrons. The molecule has 3 heterocycles. The van der Waals surface area contributed by atoms with E-state index in [1.165, 1.54) is 0 Å². The number of pyridine rings is 1. The molecule has 1 aromatic carbocycles. The van der Waals surface area contributed by atoms with E-state index in [1.54, 1.807) is 34.0 Å². The first kappa shape index (κ1) is 25.7. The smallest absolute Gasteiger partial charge is 0.410 e. The van der Waals surface area contributed by atoms with E-state index in [0.29, 0.717) is 43.1 Å². The highest BCUT2D eigenvalue weighted by Gasteiger charge is 2.46. The lowest BCUT2D eigenvalue weighted by atomic mass is 10.00. The van der Waals surface area contributed by atoms with Gasteiger partial charge in [0.1, 0.15) is 11.6 Å². The number of hydrogen-bond acceptors (Lipinski definition) is 5. The zero-order chi connectivity index (χ0) is 26.2. The molecule has 36 heavy (non-hydrogen) atoms. The van der Waals surface area contributed by atoms with Gasteiger partial charge in [-0.2, -0.15) is 0 Å². The normalized spacial score (nSPS) is 18.4. The van der Waals surface area contributed by atoms with Crippen molar-refractivity contribution in [3.63, 3.8) is 0 Å². The van der Waals surface area contributed by atoms with Gasteiger partial charge in [0, 0.05) is 37.4 Å². The van der Waals surface area contributed by atoms with Gasteiger partial charge in [0.25, 0.3) is 11.8 Å². The van der Waals surface area contributed by atoms with Crippen LogP contribution in [0, 0.1) is 0 Å². The summed E-state index contributed by atoms with van der Waals surface area (Å²) in [4.78, 5) is 49.4. The van der Waals surface area contributed by atoms with Gasteiger partial charge in [0.05, 0.1) is 11.9 Å². The molecule has 0 radical (unpaired) electrons. The highest BCUT2D eigenvalue weighted by Crippen LogP contribution is 2.39. The predicted molar refractivity (Wildman–Crippen MR) is 138 cm³/mol. The number of fused-ring (bicyclic) bond motifs is 1. The summed E-state index contributed by atoms with van der Waals surface area (Å²) >= 11 is 0. The summed E-state index contributed by atoms with van der Waals surface area (Å²) in [6, 6.07) is 10.3. The summed E-state index contributed by atoms with van der Waals surface area (Å²) in [5.74, 6) is -0.0234. The van der Waals surface area contributed by atoms with E-state index in [0.717, 1.165) is 11.3 Å². The lowest BCUT2D eigenvalue weighted by Gasteiger charge is -2.40. The lowest BCUT2D eigenvalue weighted by Crippen LogP contribution is -2.51. The van der Waals surface area contributed by atoms with Crippen LogP contribution < -0.4 is 4.90 Å². The molecule has 1 saturated heterocycles. The number of nitrogens with zero attached hydrogens (tertiary/aromatic N) is 4. The average Bonchev–Trinajstić information content (AvgIpc) is 3.14. The Balaban J connectivity index is 1.56. The van der Waals surface area contributed by atoms with Crippen LogP contribution in [0.2, 0.25) is 0 Å². The molecule has 0 aliphatic carbocycles. The number of aromatic nitrogens is 1. The molecule has 1 fully saturated rings. The summed E-state index contributed by atoms with van der Waals surface area (Å²) in [5, 5.41) is 0. The topological polar surface area (TPSA) is 83.1 Å². The largest absolute Gasteiger partial charge is 0.444 e. The molecular weight excluding hydrogens is 456 g/mol. The number of piperidine rings is 1. The summed E-state index contributed by atoms with van der Waals surface area (Å²) in [6.07, 6.45) is 2.52. The number of rotatable bonds is 4. The van der Waals surface area contributed by atoms with Crippen LogP contribution in [0.25, 0.3) is 0 Å². The van der Waals surface area contributed by atoms with Crippen LogP contribution in [0.1, 0.15) is 81.0 Å². The Morgan fingerprint density at radius 3 is 2.33 bits per heavy atom. The fraction of sp³-hybridized carbons (Fsp3) is 0.500. The fourth-order valence-electron chi connectivity index (χ4n) is 4.87. The van der Waals surface area contributed by atoms with E-state index >= 15 is 0 Å². The molecule has 2 aliphatic rings. The molecule has 1 unspecified atom stereocenters. The van der Waals surface area contributed by atoms with Crippen molar-refractivity contribution in [3.05, 3.63) is 59.4 Å². The van der Waals surface area contributed by atoms with Gasteiger partial charge in [-0.25, -0.2) is 4.79 Å². The van der Waals surface area contributed by atoms with Gasteiger partial charge in [-0.05, 0) is 63.3 Å². The van der Waals surface area contributed by atoms with Gasteiger partial charge in [-0.3, -0.25) is 14.6 Å². The first-order valence-corrected chi connectivity index (χ1v) is 12.6. The van der Waals surface area contributed by atoms with Crippen molar-refractivity contribution in [2.45, 2.75) is 71.1 Å². The zero-order valence-electron chi connectivity index (χ0n) is 22.0. The first-order valence-electron chi connectivity index (χ1n) is 12.6. The number of likely N-dealkylation sites (N-methyl/N-ethyl adjacent to an activating group) is 1. The molecule has 0 spiro atoms. The third kappa shape index (κ3) is 5.08. The van der Waals surface area contributed by atoms with Crippen molar-refractivity contribution in [1.29, 1.82) is 0 Å². The quantitative estimate of drug-likeness (QED) is 0.614. The summed E-state index contributed by atoms with van der Waals surface area (Å²) < 4.78 is 5.51. The van der Waals surface area contributed by atoms with Crippen LogP contribution in [-0.2, 0) is 9.53 Å². The Morgan fingerprint density at radius 2 is 1.75 bits per heavy atom. The minimum Gasteiger partial charge on any atom is -0.444 e. The van der Waals surface area contributed by atoms with Crippen LogP contribution in [0.15, 0.2) is 42.6 Å². The predicted octanol–water partition coefficient (Wildman–Crippen LogP) is 4.76. The van der Waals surface area contributed by atoms with Crippen molar-refractivity contribution >= 4 is 23.6 Å². The van der Waals surface area contributed by atoms with Crippen molar-refractivity contribution in [1.82, 2.24) is 14.8 Å². The zero-order valence-corrected chi connectivity index (χ0v) is 22.0. The number of hydrogen-bond donors (Lipinski definition) is 0. The number of likely N-dealkylation sites (tertiary alicyclic amines) is 1. The van der Waals surface area contributed by atoms with Crippen LogP contribution in [-0.4, -0.2) is 64.5 Å². The van der Waals surface area contributed by atoms with Crippen molar-refractivity contribution in [2.75, 3.05) is 25.0 Å². The molecule has 1 aromatic heterocycles. The molecule has 3 amide bonds. The van der Waals surface area contributed by atoms with E-state index in [4.69, 9.17) is 4.74 Å². The van der Waals surface area contributed by atoms with Gasteiger partial charge in [-0.15, -0.1) is 0 Å². The second-order valence-electron chi connectivity index (χ2n) is 10.9. The minimum absolute atomic E-state index is 0.138. The number of ether oxygens (including phenoxy) is 1. The van der Waals surface area contributed by atoms with Crippen molar-refractivity contribution in [2.24, 2.45) is 0 Å². The van der Waals surface area contributed by atoms with Gasteiger partial charge >= 0.3 is 6.09 Å². The first-order chi connectivity index (χ1) is 17.0. The standard InChI is InChI=1S/C28H36N4O4/c1-18(2)23-12-11-20(17-29-23)30(6)26(34)24-21-9-7-8-10-22(21)25(33)32(24)19-13-15-31(16-14-19)27(35)36-28(3,4)5/h7-12,17-19,24H,13-16H2,1-6H3. The third-order valence-electron chi connectivity index (χ3n) is 6.82.